The van der Waals surface area contributed by atoms with Crippen LogP contribution in [0.15, 0.2) is 60.8 Å². The van der Waals surface area contributed by atoms with Crippen molar-refractivity contribution in [3.8, 4) is 5.69 Å². The van der Waals surface area contributed by atoms with Crippen molar-refractivity contribution in [2.24, 2.45) is 0 Å². The molecule has 2 heterocycles. The van der Waals surface area contributed by atoms with E-state index < -0.39 is 0 Å². The Balaban J connectivity index is 1.89. The quantitative estimate of drug-likeness (QED) is 0.566. The highest BCUT2D eigenvalue weighted by Crippen LogP contribution is 2.33. The molecule has 25 heavy (non-hydrogen) atoms. The second kappa shape index (κ2) is 5.94. The number of rotatable bonds is 3. The Hall–Kier alpha value is -3.34. The molecule has 0 saturated carbocycles. The first-order valence-electron chi connectivity index (χ1n) is 8.04. The highest BCUT2D eigenvalue weighted by Gasteiger charge is 2.14. The lowest BCUT2D eigenvalue weighted by Gasteiger charge is -2.10. The summed E-state index contributed by atoms with van der Waals surface area (Å²) in [4.78, 5) is 20.2. The molecule has 2 aromatic carbocycles. The van der Waals surface area contributed by atoms with E-state index >= 15 is 0 Å². The number of carbonyl (C=O) groups excluding carboxylic acids is 1. The van der Waals surface area contributed by atoms with E-state index in [-0.39, 0.29) is 5.97 Å². The lowest BCUT2D eigenvalue weighted by Crippen LogP contribution is -2.06. The van der Waals surface area contributed by atoms with Crippen molar-refractivity contribution in [3.63, 3.8) is 0 Å². The molecule has 0 amide bonds. The van der Waals surface area contributed by atoms with Crippen molar-refractivity contribution in [2.75, 3.05) is 5.48 Å². The number of aryl methyl sites for hydroxylation is 1. The smallest absolute Gasteiger partial charge is 0.329 e. The second-order valence-corrected chi connectivity index (χ2v) is 5.89. The third kappa shape index (κ3) is 2.59. The van der Waals surface area contributed by atoms with Crippen LogP contribution < -0.4 is 5.48 Å². The van der Waals surface area contributed by atoms with Crippen LogP contribution in [0.1, 0.15) is 12.6 Å². The van der Waals surface area contributed by atoms with Crippen molar-refractivity contribution in [2.45, 2.75) is 13.8 Å². The van der Waals surface area contributed by atoms with Crippen molar-refractivity contribution in [3.05, 3.63) is 66.5 Å². The minimum atomic E-state index is -0.381. The van der Waals surface area contributed by atoms with Crippen molar-refractivity contribution in [1.29, 1.82) is 0 Å². The summed E-state index contributed by atoms with van der Waals surface area (Å²) in [6, 6.07) is 18.1. The van der Waals surface area contributed by atoms with Gasteiger partial charge < -0.3 is 9.40 Å². The van der Waals surface area contributed by atoms with Crippen LogP contribution in [0, 0.1) is 6.92 Å². The maximum atomic E-state index is 10.9. The first-order valence-corrected chi connectivity index (χ1v) is 8.04. The number of anilines is 1. The largest absolute Gasteiger partial charge is 0.344 e. The SMILES string of the molecule is CC(=O)ONc1ccc(-n2c3ccccc3c3ccnc(C)c32)cc1. The van der Waals surface area contributed by atoms with E-state index in [9.17, 15) is 4.79 Å². The van der Waals surface area contributed by atoms with Crippen LogP contribution in [-0.4, -0.2) is 15.5 Å². The molecule has 0 spiro atoms. The van der Waals surface area contributed by atoms with Crippen LogP contribution in [0.3, 0.4) is 0 Å². The zero-order chi connectivity index (χ0) is 17.4. The van der Waals surface area contributed by atoms with Gasteiger partial charge in [-0.15, -0.1) is 0 Å². The number of fused-ring (bicyclic) bond motifs is 3. The Morgan fingerprint density at radius 1 is 1.04 bits per heavy atom. The number of nitrogens with one attached hydrogen (secondary N) is 1. The maximum absolute atomic E-state index is 10.9. The number of hydrogen-bond acceptors (Lipinski definition) is 4. The van der Waals surface area contributed by atoms with Crippen LogP contribution >= 0.6 is 0 Å². The number of carbonyl (C=O) groups is 1. The van der Waals surface area contributed by atoms with Crippen LogP contribution in [0.2, 0.25) is 0 Å². The fraction of sp³-hybridized carbons (Fsp3) is 0.100. The van der Waals surface area contributed by atoms with E-state index in [4.69, 9.17) is 4.84 Å². The van der Waals surface area contributed by atoms with Gasteiger partial charge in [-0.3, -0.25) is 9.78 Å². The topological polar surface area (TPSA) is 56.1 Å². The molecule has 0 atom stereocenters. The van der Waals surface area contributed by atoms with E-state index in [0.717, 1.165) is 28.1 Å². The molecule has 2 aromatic heterocycles. The van der Waals surface area contributed by atoms with Gasteiger partial charge in [0.15, 0.2) is 0 Å². The van der Waals surface area contributed by atoms with Gasteiger partial charge in [-0.25, -0.2) is 5.48 Å². The lowest BCUT2D eigenvalue weighted by molar-refractivity contribution is -0.138. The molecule has 0 aliphatic heterocycles. The van der Waals surface area contributed by atoms with E-state index in [1.165, 1.54) is 17.7 Å². The van der Waals surface area contributed by atoms with E-state index in [1.807, 2.05) is 49.5 Å². The number of benzene rings is 2. The van der Waals surface area contributed by atoms with Crippen LogP contribution in [0.4, 0.5) is 5.69 Å². The number of hydrogen-bond donors (Lipinski definition) is 1. The minimum Gasteiger partial charge on any atom is -0.344 e. The summed E-state index contributed by atoms with van der Waals surface area (Å²) in [5, 5.41) is 2.38. The molecule has 5 heteroatoms. The van der Waals surface area contributed by atoms with Gasteiger partial charge in [0, 0.05) is 29.6 Å². The molecule has 0 aliphatic rings. The third-order valence-corrected chi connectivity index (χ3v) is 4.20. The summed E-state index contributed by atoms with van der Waals surface area (Å²) in [5.74, 6) is -0.381. The molecule has 0 radical (unpaired) electrons. The first-order chi connectivity index (χ1) is 12.1. The monoisotopic (exact) mass is 331 g/mol. The van der Waals surface area contributed by atoms with Crippen LogP contribution in [0.5, 0.6) is 0 Å². The summed E-state index contributed by atoms with van der Waals surface area (Å²) >= 11 is 0. The van der Waals surface area contributed by atoms with Gasteiger partial charge >= 0.3 is 5.97 Å². The molecule has 124 valence electrons. The molecule has 5 nitrogen and oxygen atoms in total. The highest BCUT2D eigenvalue weighted by atomic mass is 16.7. The van der Waals surface area contributed by atoms with Crippen LogP contribution in [-0.2, 0) is 9.63 Å². The fourth-order valence-electron chi connectivity index (χ4n) is 3.15. The van der Waals surface area contributed by atoms with Crippen molar-refractivity contribution < 1.29 is 9.63 Å². The normalized spacial score (nSPS) is 11.0. The number of para-hydroxylation sites is 1. The average Bonchev–Trinajstić information content (AvgIpc) is 2.96. The molecule has 0 bridgehead atoms. The zero-order valence-electron chi connectivity index (χ0n) is 14.0. The molecular formula is C20H17N3O2. The Morgan fingerprint density at radius 2 is 1.80 bits per heavy atom. The number of pyridine rings is 1. The molecular weight excluding hydrogens is 314 g/mol. The Bertz CT molecular complexity index is 1080. The fourth-order valence-corrected chi connectivity index (χ4v) is 3.15. The Morgan fingerprint density at radius 3 is 2.56 bits per heavy atom. The van der Waals surface area contributed by atoms with Gasteiger partial charge in [0.25, 0.3) is 0 Å². The predicted octanol–water partition coefficient (Wildman–Crippen LogP) is 4.38. The van der Waals surface area contributed by atoms with Gasteiger partial charge in [0.1, 0.15) is 0 Å². The Kier molecular flexibility index (Phi) is 3.61. The van der Waals surface area contributed by atoms with E-state index in [1.54, 1.807) is 0 Å². The van der Waals surface area contributed by atoms with Crippen molar-refractivity contribution >= 4 is 33.5 Å². The highest BCUT2D eigenvalue weighted by molar-refractivity contribution is 6.09. The molecule has 4 rings (SSSR count). The number of aromatic nitrogens is 2. The maximum Gasteiger partial charge on any atom is 0.329 e. The molecule has 0 unspecified atom stereocenters. The van der Waals surface area contributed by atoms with Gasteiger partial charge in [0.2, 0.25) is 0 Å². The summed E-state index contributed by atoms with van der Waals surface area (Å²) in [6.45, 7) is 3.38. The summed E-state index contributed by atoms with van der Waals surface area (Å²) in [7, 11) is 0. The first kappa shape index (κ1) is 15.2. The predicted molar refractivity (Wildman–Crippen MR) is 98.7 cm³/mol. The Labute approximate surface area is 144 Å². The number of nitrogens with zero attached hydrogens (tertiary/aromatic N) is 2. The minimum absolute atomic E-state index is 0.381. The average molecular weight is 331 g/mol. The molecule has 0 fully saturated rings. The summed E-state index contributed by atoms with van der Waals surface area (Å²) in [5.41, 5.74) is 7.59. The van der Waals surface area contributed by atoms with E-state index in [0.29, 0.717) is 0 Å². The molecule has 1 N–H and O–H groups in total. The van der Waals surface area contributed by atoms with Crippen molar-refractivity contribution in [1.82, 2.24) is 9.55 Å². The van der Waals surface area contributed by atoms with Gasteiger partial charge in [-0.2, -0.15) is 0 Å². The lowest BCUT2D eigenvalue weighted by atomic mass is 10.2. The summed E-state index contributed by atoms with van der Waals surface area (Å²) < 4.78 is 2.21. The molecule has 0 saturated heterocycles. The summed E-state index contributed by atoms with van der Waals surface area (Å²) in [6.07, 6.45) is 1.85. The van der Waals surface area contributed by atoms with Gasteiger partial charge in [-0.05, 0) is 43.3 Å². The molecule has 0 aliphatic carbocycles. The third-order valence-electron chi connectivity index (χ3n) is 4.20. The zero-order valence-corrected chi connectivity index (χ0v) is 14.0. The standard InChI is InChI=1S/C20H17N3O2/c1-13-20-18(11-12-21-13)17-5-3-4-6-19(17)23(20)16-9-7-15(8-10-16)22-25-14(2)24/h3-12,22H,1-2H3. The molecule has 4 aromatic rings. The second-order valence-electron chi connectivity index (χ2n) is 5.89. The van der Waals surface area contributed by atoms with E-state index in [2.05, 4.69) is 33.2 Å². The van der Waals surface area contributed by atoms with Gasteiger partial charge in [0.05, 0.1) is 22.4 Å². The van der Waals surface area contributed by atoms with Crippen LogP contribution in [0.25, 0.3) is 27.5 Å². The van der Waals surface area contributed by atoms with Gasteiger partial charge in [-0.1, -0.05) is 18.2 Å².